The van der Waals surface area contributed by atoms with Crippen molar-refractivity contribution < 1.29 is 4.79 Å². The molecule has 0 aromatic carbocycles. The summed E-state index contributed by atoms with van der Waals surface area (Å²) < 4.78 is 2.56. The minimum atomic E-state index is -0.770. The van der Waals surface area contributed by atoms with Gasteiger partial charge in [-0.05, 0) is 24.4 Å². The van der Waals surface area contributed by atoms with E-state index in [4.69, 9.17) is 0 Å². The number of hydrogen-bond acceptors (Lipinski definition) is 6. The summed E-state index contributed by atoms with van der Waals surface area (Å²) in [6.45, 7) is 2.15. The third-order valence-electron chi connectivity index (χ3n) is 3.79. The fourth-order valence-electron chi connectivity index (χ4n) is 2.36. The third-order valence-corrected chi connectivity index (χ3v) is 4.68. The molecule has 9 heteroatoms. The predicted octanol–water partition coefficient (Wildman–Crippen LogP) is 0.906. The van der Waals surface area contributed by atoms with Crippen LogP contribution >= 0.6 is 11.3 Å². The van der Waals surface area contributed by atoms with Gasteiger partial charge in [0.05, 0.1) is 11.2 Å². The van der Waals surface area contributed by atoms with Crippen molar-refractivity contribution in [3.05, 3.63) is 68.9 Å². The number of nitrogens with zero attached hydrogens (tertiary/aromatic N) is 4. The van der Waals surface area contributed by atoms with Crippen LogP contribution in [0.5, 0.6) is 0 Å². The number of carbonyl (C=O) groups excluding carboxylic acids is 1. The van der Waals surface area contributed by atoms with Crippen molar-refractivity contribution >= 4 is 17.2 Å². The number of hydrogen-bond donors (Lipinski definition) is 1. The number of carbonyl (C=O) groups is 1. The maximum absolute atomic E-state index is 12.4. The van der Waals surface area contributed by atoms with Crippen molar-refractivity contribution in [2.45, 2.75) is 19.5 Å². The van der Waals surface area contributed by atoms with Gasteiger partial charge < -0.3 is 5.32 Å². The summed E-state index contributed by atoms with van der Waals surface area (Å²) in [5.74, 6) is -0.347. The van der Waals surface area contributed by atoms with E-state index < -0.39 is 6.04 Å². The van der Waals surface area contributed by atoms with Crippen molar-refractivity contribution in [1.29, 1.82) is 0 Å². The summed E-state index contributed by atoms with van der Waals surface area (Å²) in [7, 11) is 0. The van der Waals surface area contributed by atoms with Gasteiger partial charge in [-0.3, -0.25) is 19.0 Å². The van der Waals surface area contributed by atoms with Crippen molar-refractivity contribution in [3.63, 3.8) is 0 Å². The molecule has 3 heterocycles. The average molecular weight is 371 g/mol. The van der Waals surface area contributed by atoms with Crippen LogP contribution in [0, 0.1) is 0 Å². The van der Waals surface area contributed by atoms with Crippen LogP contribution in [-0.2, 0) is 11.3 Å². The molecule has 1 amide bonds. The molecule has 0 aliphatic heterocycles. The molecular formula is C17H17N5O3S. The van der Waals surface area contributed by atoms with E-state index in [0.29, 0.717) is 12.2 Å². The van der Waals surface area contributed by atoms with Crippen molar-refractivity contribution in [3.8, 4) is 10.6 Å². The average Bonchev–Trinajstić information content (AvgIpc) is 3.18. The first kappa shape index (κ1) is 17.7. The Morgan fingerprint density at radius 3 is 2.81 bits per heavy atom. The first-order valence-corrected chi connectivity index (χ1v) is 8.86. The summed E-state index contributed by atoms with van der Waals surface area (Å²) in [4.78, 5) is 40.8. The molecule has 26 heavy (non-hydrogen) atoms. The number of thiophene rings is 1. The van der Waals surface area contributed by atoms with E-state index in [0.717, 1.165) is 4.88 Å². The maximum atomic E-state index is 12.4. The molecule has 0 saturated heterocycles. The van der Waals surface area contributed by atoms with Crippen LogP contribution in [-0.4, -0.2) is 31.8 Å². The fourth-order valence-corrected chi connectivity index (χ4v) is 3.05. The van der Waals surface area contributed by atoms with E-state index in [1.165, 1.54) is 45.2 Å². The van der Waals surface area contributed by atoms with E-state index in [1.807, 2.05) is 17.5 Å². The quantitative estimate of drug-likeness (QED) is 0.694. The fraction of sp³-hybridized carbons (Fsp3) is 0.235. The van der Waals surface area contributed by atoms with Gasteiger partial charge in [-0.2, -0.15) is 5.10 Å². The summed E-state index contributed by atoms with van der Waals surface area (Å²) in [5.41, 5.74) is 0.0985. The Bertz CT molecular complexity index is 1010. The molecule has 0 saturated carbocycles. The van der Waals surface area contributed by atoms with E-state index >= 15 is 0 Å². The highest BCUT2D eigenvalue weighted by molar-refractivity contribution is 7.13. The molecule has 134 valence electrons. The van der Waals surface area contributed by atoms with Crippen molar-refractivity contribution in [2.24, 2.45) is 0 Å². The van der Waals surface area contributed by atoms with Crippen LogP contribution in [0.25, 0.3) is 10.6 Å². The van der Waals surface area contributed by atoms with Gasteiger partial charge >= 0.3 is 0 Å². The number of aromatic nitrogens is 4. The van der Waals surface area contributed by atoms with Crippen LogP contribution in [0.15, 0.2) is 57.8 Å². The van der Waals surface area contributed by atoms with Crippen molar-refractivity contribution in [1.82, 2.24) is 24.6 Å². The molecule has 1 atom stereocenters. The summed E-state index contributed by atoms with van der Waals surface area (Å²) in [5, 5.41) is 8.94. The predicted molar refractivity (Wildman–Crippen MR) is 98.0 cm³/mol. The largest absolute Gasteiger partial charge is 0.352 e. The third kappa shape index (κ3) is 3.94. The van der Waals surface area contributed by atoms with Crippen LogP contribution in [0.1, 0.15) is 13.0 Å². The Morgan fingerprint density at radius 1 is 1.23 bits per heavy atom. The monoisotopic (exact) mass is 371 g/mol. The lowest BCUT2D eigenvalue weighted by molar-refractivity contribution is -0.124. The van der Waals surface area contributed by atoms with Crippen molar-refractivity contribution in [2.75, 3.05) is 6.54 Å². The molecule has 0 spiro atoms. The SMILES string of the molecule is CC(C(=O)NCCn1cnccc1=O)n1nc(-c2cccs2)ccc1=O. The number of rotatable bonds is 6. The summed E-state index contributed by atoms with van der Waals surface area (Å²) >= 11 is 1.51. The molecule has 0 bridgehead atoms. The topological polar surface area (TPSA) is 98.9 Å². The molecule has 3 rings (SSSR count). The molecule has 3 aromatic rings. The Kier molecular flexibility index (Phi) is 5.37. The lowest BCUT2D eigenvalue weighted by Gasteiger charge is -2.15. The lowest BCUT2D eigenvalue weighted by atomic mass is 10.3. The van der Waals surface area contributed by atoms with E-state index in [9.17, 15) is 14.4 Å². The Morgan fingerprint density at radius 2 is 2.08 bits per heavy atom. The maximum Gasteiger partial charge on any atom is 0.267 e. The van der Waals surface area contributed by atoms with Gasteiger partial charge in [0.2, 0.25) is 5.91 Å². The molecule has 0 fully saturated rings. The standard InChI is InChI=1S/C17H17N5O3S/c1-12(17(25)19-8-9-21-11-18-7-6-15(21)23)22-16(24)5-4-13(20-22)14-3-2-10-26-14/h2-7,10-12H,8-9H2,1H3,(H,19,25). The van der Waals surface area contributed by atoms with E-state index in [-0.39, 0.29) is 23.6 Å². The van der Waals surface area contributed by atoms with Gasteiger partial charge in [-0.25, -0.2) is 9.67 Å². The normalized spacial score (nSPS) is 11.9. The summed E-state index contributed by atoms with van der Waals surface area (Å²) in [6.07, 6.45) is 2.83. The molecule has 0 aliphatic rings. The minimum absolute atomic E-state index is 0.191. The highest BCUT2D eigenvalue weighted by atomic mass is 32.1. The molecule has 8 nitrogen and oxygen atoms in total. The second-order valence-corrected chi connectivity index (χ2v) is 6.51. The zero-order valence-electron chi connectivity index (χ0n) is 14.0. The minimum Gasteiger partial charge on any atom is -0.352 e. The van der Waals surface area contributed by atoms with Crippen LogP contribution in [0.3, 0.4) is 0 Å². The van der Waals surface area contributed by atoms with Gasteiger partial charge in [0, 0.05) is 31.4 Å². The zero-order valence-corrected chi connectivity index (χ0v) is 14.8. The highest BCUT2D eigenvalue weighted by Crippen LogP contribution is 2.21. The highest BCUT2D eigenvalue weighted by Gasteiger charge is 2.17. The molecule has 1 N–H and O–H groups in total. The van der Waals surface area contributed by atoms with Gasteiger partial charge in [-0.1, -0.05) is 6.07 Å². The van der Waals surface area contributed by atoms with Gasteiger partial charge in [-0.15, -0.1) is 11.3 Å². The molecule has 0 radical (unpaired) electrons. The Labute approximate surface area is 152 Å². The first-order chi connectivity index (χ1) is 12.6. The Balaban J connectivity index is 1.68. The second kappa shape index (κ2) is 7.87. The van der Waals surface area contributed by atoms with Gasteiger partial charge in [0.15, 0.2) is 0 Å². The second-order valence-electron chi connectivity index (χ2n) is 5.56. The van der Waals surface area contributed by atoms with Gasteiger partial charge in [0.25, 0.3) is 11.1 Å². The van der Waals surface area contributed by atoms with Crippen LogP contribution in [0.2, 0.25) is 0 Å². The summed E-state index contributed by atoms with van der Waals surface area (Å²) in [6, 6.07) is 7.43. The Hall–Kier alpha value is -3.07. The smallest absolute Gasteiger partial charge is 0.267 e. The molecular weight excluding hydrogens is 354 g/mol. The number of amides is 1. The zero-order chi connectivity index (χ0) is 18.5. The molecule has 0 aliphatic carbocycles. The number of nitrogens with one attached hydrogen (secondary N) is 1. The van der Waals surface area contributed by atoms with Crippen LogP contribution in [0.4, 0.5) is 0 Å². The van der Waals surface area contributed by atoms with Gasteiger partial charge in [0.1, 0.15) is 11.7 Å². The van der Waals surface area contributed by atoms with E-state index in [1.54, 1.807) is 13.0 Å². The molecule has 1 unspecified atom stereocenters. The lowest BCUT2D eigenvalue weighted by Crippen LogP contribution is -2.38. The first-order valence-electron chi connectivity index (χ1n) is 7.98. The molecule has 3 aromatic heterocycles. The van der Waals surface area contributed by atoms with E-state index in [2.05, 4.69) is 15.4 Å². The van der Waals surface area contributed by atoms with Crippen LogP contribution < -0.4 is 16.4 Å².